The maximum atomic E-state index is 12.1. The maximum Gasteiger partial charge on any atom is 0.303 e. The number of carboxylic acids is 1. The van der Waals surface area contributed by atoms with Gasteiger partial charge in [0.1, 0.15) is 5.52 Å². The van der Waals surface area contributed by atoms with Crippen molar-refractivity contribution in [2.45, 2.75) is 12.8 Å². The fourth-order valence-corrected chi connectivity index (χ4v) is 2.59. The largest absolute Gasteiger partial charge is 0.481 e. The monoisotopic (exact) mass is 285 g/mol. The zero-order chi connectivity index (χ0) is 15.0. The number of carboxylic acid groups (broad SMARTS) is 1. The summed E-state index contributed by atoms with van der Waals surface area (Å²) in [7, 11) is 1.83. The van der Waals surface area contributed by atoms with Gasteiger partial charge in [-0.05, 0) is 30.2 Å². The molecule has 1 aromatic carbocycles. The van der Waals surface area contributed by atoms with Gasteiger partial charge in [0, 0.05) is 41.6 Å². The van der Waals surface area contributed by atoms with Gasteiger partial charge in [-0.15, -0.1) is 0 Å². The third-order valence-electron chi connectivity index (χ3n) is 3.62. The van der Waals surface area contributed by atoms with Gasteiger partial charge in [0.2, 0.25) is 0 Å². The number of H-pyrrole nitrogens is 2. The molecule has 0 aliphatic rings. The smallest absolute Gasteiger partial charge is 0.303 e. The molecule has 0 aliphatic heterocycles. The van der Waals surface area contributed by atoms with Crippen LogP contribution in [0.2, 0.25) is 0 Å². The number of aromatic amines is 2. The van der Waals surface area contributed by atoms with E-state index in [2.05, 4.69) is 15.3 Å². The average Bonchev–Trinajstić information content (AvgIpc) is 2.90. The van der Waals surface area contributed by atoms with Gasteiger partial charge in [-0.3, -0.25) is 9.59 Å². The molecule has 6 nitrogen and oxygen atoms in total. The van der Waals surface area contributed by atoms with Gasteiger partial charge in [0.15, 0.2) is 0 Å². The van der Waals surface area contributed by atoms with E-state index in [0.29, 0.717) is 11.9 Å². The number of hydrogen-bond acceptors (Lipinski definition) is 3. The number of aromatic nitrogens is 2. The van der Waals surface area contributed by atoms with E-state index in [1.165, 1.54) is 0 Å². The summed E-state index contributed by atoms with van der Waals surface area (Å²) in [6.07, 6.45) is 2.14. The van der Waals surface area contributed by atoms with Crippen molar-refractivity contribution in [2.24, 2.45) is 0 Å². The summed E-state index contributed by atoms with van der Waals surface area (Å²) in [4.78, 5) is 28.6. The van der Waals surface area contributed by atoms with Crippen LogP contribution < -0.4 is 10.9 Å². The molecule has 6 heteroatoms. The average molecular weight is 285 g/mol. The Bertz CT molecular complexity index is 892. The Kier molecular flexibility index (Phi) is 3.13. The summed E-state index contributed by atoms with van der Waals surface area (Å²) in [5.74, 6) is -0.852. The molecule has 0 spiro atoms. The normalized spacial score (nSPS) is 11.1. The predicted octanol–water partition coefficient (Wildman–Crippen LogP) is 2.07. The second-order valence-electron chi connectivity index (χ2n) is 4.92. The maximum absolute atomic E-state index is 12.1. The molecule has 0 bridgehead atoms. The van der Waals surface area contributed by atoms with Crippen LogP contribution in [0.4, 0.5) is 5.69 Å². The minimum atomic E-state index is -0.852. The number of fused-ring (bicyclic) bond motifs is 3. The Morgan fingerprint density at radius 2 is 2.19 bits per heavy atom. The minimum Gasteiger partial charge on any atom is -0.481 e. The lowest BCUT2D eigenvalue weighted by Crippen LogP contribution is -2.06. The molecule has 0 radical (unpaired) electrons. The zero-order valence-corrected chi connectivity index (χ0v) is 11.5. The van der Waals surface area contributed by atoms with E-state index < -0.39 is 5.97 Å². The van der Waals surface area contributed by atoms with Gasteiger partial charge in [-0.2, -0.15) is 0 Å². The second kappa shape index (κ2) is 4.97. The third kappa shape index (κ3) is 2.24. The number of aryl methyl sites for hydroxylation is 1. The second-order valence-corrected chi connectivity index (χ2v) is 4.92. The summed E-state index contributed by atoms with van der Waals surface area (Å²) in [5, 5.41) is 13.6. The predicted molar refractivity (Wildman–Crippen MR) is 81.9 cm³/mol. The Balaban J connectivity index is 2.30. The first-order chi connectivity index (χ1) is 10.1. The van der Waals surface area contributed by atoms with Gasteiger partial charge in [0.05, 0.1) is 0 Å². The van der Waals surface area contributed by atoms with Crippen LogP contribution in [0.3, 0.4) is 0 Å². The summed E-state index contributed by atoms with van der Waals surface area (Å²) in [6.45, 7) is 0. The molecule has 0 fully saturated rings. The van der Waals surface area contributed by atoms with Crippen molar-refractivity contribution in [1.29, 1.82) is 0 Å². The van der Waals surface area contributed by atoms with E-state index in [9.17, 15) is 9.59 Å². The first-order valence-electron chi connectivity index (χ1n) is 6.65. The molecular weight excluding hydrogens is 270 g/mol. The lowest BCUT2D eigenvalue weighted by molar-refractivity contribution is -0.136. The first kappa shape index (κ1) is 13.2. The topological polar surface area (TPSA) is 98.0 Å². The lowest BCUT2D eigenvalue weighted by Gasteiger charge is -2.06. The number of rotatable bonds is 4. The van der Waals surface area contributed by atoms with Crippen molar-refractivity contribution < 1.29 is 9.90 Å². The fraction of sp³-hybridized carbons (Fsp3) is 0.200. The van der Waals surface area contributed by atoms with Crippen LogP contribution in [0.5, 0.6) is 0 Å². The van der Waals surface area contributed by atoms with Crippen molar-refractivity contribution >= 4 is 33.5 Å². The van der Waals surface area contributed by atoms with Crippen LogP contribution in [0, 0.1) is 0 Å². The van der Waals surface area contributed by atoms with Gasteiger partial charge in [-0.1, -0.05) is 0 Å². The van der Waals surface area contributed by atoms with E-state index in [0.717, 1.165) is 27.5 Å². The van der Waals surface area contributed by atoms with Crippen molar-refractivity contribution in [1.82, 2.24) is 9.97 Å². The quantitative estimate of drug-likeness (QED) is 0.590. The molecule has 0 aliphatic carbocycles. The Morgan fingerprint density at radius 1 is 1.38 bits per heavy atom. The standard InChI is InChI=1S/C15H15N3O3/c1-16-9-3-4-11-10(6-9)13-8(2-5-12(19)20)7-17-14(13)15(21)18-11/h3-4,6-7,16-17H,2,5H2,1H3,(H,18,21)(H,19,20). The number of benzene rings is 1. The minimum absolute atomic E-state index is 0.0347. The van der Waals surface area contributed by atoms with Gasteiger partial charge < -0.3 is 20.4 Å². The number of nitrogens with one attached hydrogen (secondary N) is 3. The van der Waals surface area contributed by atoms with Gasteiger partial charge in [0.25, 0.3) is 5.56 Å². The highest BCUT2D eigenvalue weighted by molar-refractivity contribution is 6.07. The van der Waals surface area contributed by atoms with Crippen LogP contribution >= 0.6 is 0 Å². The summed E-state index contributed by atoms with van der Waals surface area (Å²) in [5.41, 5.74) is 2.80. The SMILES string of the molecule is CNc1ccc2[nH]c(=O)c3[nH]cc(CCC(=O)O)c3c2c1. The molecule has 0 atom stereocenters. The van der Waals surface area contributed by atoms with E-state index in [1.54, 1.807) is 6.20 Å². The van der Waals surface area contributed by atoms with Crippen molar-refractivity contribution in [3.05, 3.63) is 40.3 Å². The fourth-order valence-electron chi connectivity index (χ4n) is 2.59. The van der Waals surface area contributed by atoms with Gasteiger partial charge in [-0.25, -0.2) is 0 Å². The van der Waals surface area contributed by atoms with Crippen LogP contribution in [0.1, 0.15) is 12.0 Å². The summed E-state index contributed by atoms with van der Waals surface area (Å²) >= 11 is 0. The van der Waals surface area contributed by atoms with Gasteiger partial charge >= 0.3 is 5.97 Å². The lowest BCUT2D eigenvalue weighted by atomic mass is 10.0. The van der Waals surface area contributed by atoms with E-state index >= 15 is 0 Å². The summed E-state index contributed by atoms with van der Waals surface area (Å²) in [6, 6.07) is 5.68. The molecule has 3 aromatic rings. The van der Waals surface area contributed by atoms with Crippen LogP contribution in [-0.4, -0.2) is 28.1 Å². The number of anilines is 1. The zero-order valence-electron chi connectivity index (χ0n) is 11.5. The van der Waals surface area contributed by atoms with Crippen molar-refractivity contribution in [3.8, 4) is 0 Å². The van der Waals surface area contributed by atoms with Crippen LogP contribution in [0.15, 0.2) is 29.2 Å². The molecule has 4 N–H and O–H groups in total. The Labute approximate surface area is 119 Å². The third-order valence-corrected chi connectivity index (χ3v) is 3.62. The Morgan fingerprint density at radius 3 is 2.90 bits per heavy atom. The number of pyridine rings is 1. The highest BCUT2D eigenvalue weighted by Gasteiger charge is 2.13. The molecule has 2 aromatic heterocycles. The highest BCUT2D eigenvalue weighted by Crippen LogP contribution is 2.27. The molecule has 108 valence electrons. The van der Waals surface area contributed by atoms with Crippen molar-refractivity contribution in [3.63, 3.8) is 0 Å². The molecule has 0 saturated heterocycles. The number of hydrogen-bond donors (Lipinski definition) is 4. The van der Waals surface area contributed by atoms with Crippen molar-refractivity contribution in [2.75, 3.05) is 12.4 Å². The van der Waals surface area contributed by atoms with E-state index in [4.69, 9.17) is 5.11 Å². The number of aliphatic carboxylic acids is 1. The molecule has 3 rings (SSSR count). The van der Waals surface area contributed by atoms with Crippen LogP contribution in [0.25, 0.3) is 21.8 Å². The highest BCUT2D eigenvalue weighted by atomic mass is 16.4. The molecular formula is C15H15N3O3. The van der Waals surface area contributed by atoms with E-state index in [-0.39, 0.29) is 12.0 Å². The first-order valence-corrected chi connectivity index (χ1v) is 6.65. The molecule has 0 unspecified atom stereocenters. The molecule has 2 heterocycles. The molecule has 21 heavy (non-hydrogen) atoms. The number of carbonyl (C=O) groups is 1. The van der Waals surface area contributed by atoms with Crippen LogP contribution in [-0.2, 0) is 11.2 Å². The molecule has 0 saturated carbocycles. The summed E-state index contributed by atoms with van der Waals surface area (Å²) < 4.78 is 0. The Hall–Kier alpha value is -2.76. The van der Waals surface area contributed by atoms with E-state index in [1.807, 2.05) is 25.2 Å². The molecule has 0 amide bonds.